The van der Waals surface area contributed by atoms with Crippen LogP contribution in [0.25, 0.3) is 21.5 Å². The van der Waals surface area contributed by atoms with Gasteiger partial charge in [-0.2, -0.15) is 0 Å². The topological polar surface area (TPSA) is 38.8 Å². The fourth-order valence-electron chi connectivity index (χ4n) is 5.04. The third kappa shape index (κ3) is 5.33. The van der Waals surface area contributed by atoms with Crippen molar-refractivity contribution in [2.75, 3.05) is 13.1 Å². The van der Waals surface area contributed by atoms with E-state index in [9.17, 15) is 4.79 Å². The van der Waals surface area contributed by atoms with Gasteiger partial charge in [-0.25, -0.2) is 4.79 Å². The van der Waals surface area contributed by atoms with Gasteiger partial charge < -0.3 is 14.4 Å². The van der Waals surface area contributed by atoms with Crippen molar-refractivity contribution in [3.63, 3.8) is 0 Å². The maximum atomic E-state index is 12.9. The Morgan fingerprint density at radius 2 is 1.60 bits per heavy atom. The SMILES string of the molecule is CC(C)(C)OC(=O)N1CCC(c2cccc3ccccc23)C(OCc2ccc3ccccc3c2)C1. The third-order valence-corrected chi connectivity index (χ3v) is 6.71. The minimum absolute atomic E-state index is 0.131. The molecule has 0 saturated carbocycles. The predicted molar refractivity (Wildman–Crippen MR) is 142 cm³/mol. The van der Waals surface area contributed by atoms with Crippen LogP contribution in [0.5, 0.6) is 0 Å². The van der Waals surface area contributed by atoms with Gasteiger partial charge >= 0.3 is 6.09 Å². The zero-order valence-electron chi connectivity index (χ0n) is 20.7. The van der Waals surface area contributed by atoms with Crippen LogP contribution in [0.1, 0.15) is 44.2 Å². The summed E-state index contributed by atoms with van der Waals surface area (Å²) in [6.45, 7) is 7.37. The number of rotatable bonds is 4. The summed E-state index contributed by atoms with van der Waals surface area (Å²) in [6, 6.07) is 29.8. The molecule has 4 aromatic rings. The van der Waals surface area contributed by atoms with Crippen molar-refractivity contribution in [3.8, 4) is 0 Å². The lowest BCUT2D eigenvalue weighted by Crippen LogP contribution is -2.48. The first-order valence-electron chi connectivity index (χ1n) is 12.4. The van der Waals surface area contributed by atoms with Gasteiger partial charge in [0.05, 0.1) is 19.3 Å². The Hall–Kier alpha value is -3.37. The van der Waals surface area contributed by atoms with Gasteiger partial charge in [-0.1, -0.05) is 78.9 Å². The van der Waals surface area contributed by atoms with E-state index in [4.69, 9.17) is 9.47 Å². The third-order valence-electron chi connectivity index (χ3n) is 6.71. The summed E-state index contributed by atoms with van der Waals surface area (Å²) in [5, 5.41) is 4.91. The lowest BCUT2D eigenvalue weighted by molar-refractivity contribution is -0.0357. The molecule has 0 radical (unpaired) electrons. The van der Waals surface area contributed by atoms with E-state index in [1.165, 1.54) is 27.1 Å². The Kier molecular flexibility index (Phi) is 6.48. The zero-order valence-corrected chi connectivity index (χ0v) is 20.7. The van der Waals surface area contributed by atoms with Gasteiger partial charge in [-0.15, -0.1) is 0 Å². The van der Waals surface area contributed by atoms with Crippen molar-refractivity contribution >= 4 is 27.6 Å². The minimum Gasteiger partial charge on any atom is -0.444 e. The number of amides is 1. The second-order valence-electron chi connectivity index (χ2n) is 10.4. The predicted octanol–water partition coefficient (Wildman–Crippen LogP) is 7.30. The molecule has 1 aliphatic heterocycles. The second-order valence-corrected chi connectivity index (χ2v) is 10.4. The van der Waals surface area contributed by atoms with Crippen molar-refractivity contribution < 1.29 is 14.3 Å². The first-order valence-corrected chi connectivity index (χ1v) is 12.4. The highest BCUT2D eigenvalue weighted by Gasteiger charge is 2.35. The van der Waals surface area contributed by atoms with Crippen LogP contribution in [0, 0.1) is 0 Å². The molecular weight excluding hydrogens is 434 g/mol. The maximum Gasteiger partial charge on any atom is 0.410 e. The van der Waals surface area contributed by atoms with E-state index in [1.54, 1.807) is 4.90 Å². The van der Waals surface area contributed by atoms with Gasteiger partial charge in [0.2, 0.25) is 0 Å². The molecule has 1 saturated heterocycles. The number of likely N-dealkylation sites (tertiary alicyclic amines) is 1. The van der Waals surface area contributed by atoms with E-state index >= 15 is 0 Å². The van der Waals surface area contributed by atoms with Crippen LogP contribution in [0.3, 0.4) is 0 Å². The zero-order chi connectivity index (χ0) is 24.4. The fraction of sp³-hybridized carbons (Fsp3) is 0.323. The summed E-state index contributed by atoms with van der Waals surface area (Å²) in [7, 11) is 0. The quantitative estimate of drug-likeness (QED) is 0.316. The molecule has 4 nitrogen and oxygen atoms in total. The summed E-state index contributed by atoms with van der Waals surface area (Å²) >= 11 is 0. The summed E-state index contributed by atoms with van der Waals surface area (Å²) in [4.78, 5) is 14.7. The van der Waals surface area contributed by atoms with E-state index in [1.807, 2.05) is 20.8 Å². The number of carbonyl (C=O) groups is 1. The Balaban J connectivity index is 1.42. The molecule has 1 heterocycles. The number of carbonyl (C=O) groups excluding carboxylic acids is 1. The van der Waals surface area contributed by atoms with E-state index in [2.05, 4.69) is 84.9 Å². The van der Waals surface area contributed by atoms with Crippen LogP contribution in [-0.2, 0) is 16.1 Å². The van der Waals surface area contributed by atoms with Crippen LogP contribution in [0.15, 0.2) is 84.9 Å². The van der Waals surface area contributed by atoms with E-state index < -0.39 is 5.60 Å². The normalized spacial score (nSPS) is 18.7. The molecule has 0 spiro atoms. The first-order chi connectivity index (χ1) is 16.9. The summed E-state index contributed by atoms with van der Waals surface area (Å²) in [5.74, 6) is 0.195. The van der Waals surface area contributed by atoms with Crippen molar-refractivity contribution in [1.82, 2.24) is 4.90 Å². The van der Waals surface area contributed by atoms with Gasteiger partial charge in [-0.3, -0.25) is 0 Å². The molecule has 4 aromatic carbocycles. The molecule has 0 aliphatic carbocycles. The number of ether oxygens (including phenoxy) is 2. The molecule has 4 heteroatoms. The number of hydrogen-bond acceptors (Lipinski definition) is 3. The van der Waals surface area contributed by atoms with Crippen molar-refractivity contribution in [2.45, 2.75) is 51.4 Å². The minimum atomic E-state index is -0.523. The Labute approximate surface area is 207 Å². The number of hydrogen-bond donors (Lipinski definition) is 0. The number of benzene rings is 4. The molecule has 1 fully saturated rings. The van der Waals surface area contributed by atoms with Gasteiger partial charge in [0.25, 0.3) is 0 Å². The average Bonchev–Trinajstić information content (AvgIpc) is 2.86. The Morgan fingerprint density at radius 3 is 2.40 bits per heavy atom. The highest BCUT2D eigenvalue weighted by atomic mass is 16.6. The second kappa shape index (κ2) is 9.71. The maximum absolute atomic E-state index is 12.9. The Bertz CT molecular complexity index is 1330. The molecule has 180 valence electrons. The van der Waals surface area contributed by atoms with Crippen LogP contribution in [0.2, 0.25) is 0 Å². The van der Waals surface area contributed by atoms with Crippen LogP contribution in [-0.4, -0.2) is 35.8 Å². The largest absolute Gasteiger partial charge is 0.444 e. The molecule has 5 rings (SSSR count). The Morgan fingerprint density at radius 1 is 0.886 bits per heavy atom. The molecule has 1 aliphatic rings. The van der Waals surface area contributed by atoms with E-state index in [0.717, 1.165) is 12.0 Å². The number of nitrogens with zero attached hydrogens (tertiary/aromatic N) is 1. The summed E-state index contributed by atoms with van der Waals surface area (Å²) in [6.07, 6.45) is 0.428. The number of fused-ring (bicyclic) bond motifs is 2. The lowest BCUT2D eigenvalue weighted by Gasteiger charge is -2.39. The molecule has 0 bridgehead atoms. The van der Waals surface area contributed by atoms with Crippen LogP contribution >= 0.6 is 0 Å². The highest BCUT2D eigenvalue weighted by Crippen LogP contribution is 2.36. The molecule has 0 aromatic heterocycles. The fourth-order valence-corrected chi connectivity index (χ4v) is 5.04. The molecular formula is C31H33NO3. The number of piperidine rings is 1. The van der Waals surface area contributed by atoms with Crippen molar-refractivity contribution in [2.24, 2.45) is 0 Å². The van der Waals surface area contributed by atoms with E-state index in [0.29, 0.717) is 19.7 Å². The first kappa shape index (κ1) is 23.4. The molecule has 2 atom stereocenters. The average molecular weight is 468 g/mol. The molecule has 35 heavy (non-hydrogen) atoms. The van der Waals surface area contributed by atoms with Gasteiger partial charge in [0.15, 0.2) is 0 Å². The molecule has 2 unspecified atom stereocenters. The molecule has 1 amide bonds. The van der Waals surface area contributed by atoms with E-state index in [-0.39, 0.29) is 18.1 Å². The lowest BCUT2D eigenvalue weighted by atomic mass is 9.84. The smallest absolute Gasteiger partial charge is 0.410 e. The van der Waals surface area contributed by atoms with Gasteiger partial charge in [-0.05, 0) is 65.9 Å². The van der Waals surface area contributed by atoms with Crippen molar-refractivity contribution in [1.29, 1.82) is 0 Å². The van der Waals surface area contributed by atoms with Crippen LogP contribution in [0.4, 0.5) is 4.79 Å². The van der Waals surface area contributed by atoms with Gasteiger partial charge in [0.1, 0.15) is 5.60 Å². The standard InChI is InChI=1S/C31H33NO3/c1-31(2,3)35-30(33)32-18-17-28(27-14-8-12-24-10-6-7-13-26(24)27)29(20-32)34-21-22-15-16-23-9-4-5-11-25(23)19-22/h4-16,19,28-29H,17-18,20-21H2,1-3H3. The summed E-state index contributed by atoms with van der Waals surface area (Å²) < 4.78 is 12.3. The monoisotopic (exact) mass is 467 g/mol. The van der Waals surface area contributed by atoms with Gasteiger partial charge in [0, 0.05) is 12.5 Å². The van der Waals surface area contributed by atoms with Crippen LogP contribution < -0.4 is 0 Å². The highest BCUT2D eigenvalue weighted by molar-refractivity contribution is 5.86. The summed E-state index contributed by atoms with van der Waals surface area (Å²) in [5.41, 5.74) is 1.90. The van der Waals surface area contributed by atoms with Crippen molar-refractivity contribution in [3.05, 3.63) is 96.1 Å². The molecule has 0 N–H and O–H groups in total.